The number of sulfonamides is 1. The van der Waals surface area contributed by atoms with Crippen LogP contribution >= 0.6 is 11.3 Å². The average Bonchev–Trinajstić information content (AvgIpc) is 3.08. The summed E-state index contributed by atoms with van der Waals surface area (Å²) in [6.07, 6.45) is 1.33. The van der Waals surface area contributed by atoms with Gasteiger partial charge in [-0.1, -0.05) is 6.07 Å². The highest BCUT2D eigenvalue weighted by Crippen LogP contribution is 2.22. The van der Waals surface area contributed by atoms with E-state index in [0.29, 0.717) is 17.2 Å². The van der Waals surface area contributed by atoms with Gasteiger partial charge in [-0.25, -0.2) is 22.2 Å². The van der Waals surface area contributed by atoms with Crippen LogP contribution in [0.4, 0.5) is 26.0 Å². The fraction of sp³-hybridized carbons (Fsp3) is 0. The summed E-state index contributed by atoms with van der Waals surface area (Å²) in [6.45, 7) is 0. The van der Waals surface area contributed by atoms with E-state index < -0.39 is 21.7 Å². The number of rotatable bonds is 5. The molecule has 9 heteroatoms. The van der Waals surface area contributed by atoms with Gasteiger partial charge in [-0.2, -0.15) is 0 Å². The van der Waals surface area contributed by atoms with E-state index in [0.717, 1.165) is 23.5 Å². The number of hydrogen-bond donors (Lipinski definition) is 2. The number of nitrogens with zero attached hydrogens (tertiary/aromatic N) is 1. The molecule has 0 spiro atoms. The Labute approximate surface area is 141 Å². The molecule has 124 valence electrons. The molecule has 24 heavy (non-hydrogen) atoms. The zero-order valence-electron chi connectivity index (χ0n) is 12.0. The highest BCUT2D eigenvalue weighted by Gasteiger charge is 2.15. The van der Waals surface area contributed by atoms with Crippen molar-refractivity contribution >= 4 is 38.6 Å². The van der Waals surface area contributed by atoms with E-state index in [-0.39, 0.29) is 4.21 Å². The highest BCUT2D eigenvalue weighted by molar-refractivity contribution is 7.94. The van der Waals surface area contributed by atoms with Crippen molar-refractivity contribution in [2.75, 3.05) is 10.0 Å². The lowest BCUT2D eigenvalue weighted by molar-refractivity contribution is 0.509. The summed E-state index contributed by atoms with van der Waals surface area (Å²) in [5.74, 6) is -1.55. The lowest BCUT2D eigenvalue weighted by Crippen LogP contribution is -2.11. The van der Waals surface area contributed by atoms with Crippen molar-refractivity contribution in [3.05, 3.63) is 65.7 Å². The molecule has 0 aliphatic carbocycles. The molecule has 5 nitrogen and oxygen atoms in total. The first-order valence-corrected chi connectivity index (χ1v) is 9.05. The fourth-order valence-corrected chi connectivity index (χ4v) is 3.91. The van der Waals surface area contributed by atoms with Gasteiger partial charge in [0.05, 0.1) is 11.9 Å². The van der Waals surface area contributed by atoms with Gasteiger partial charge < -0.3 is 5.32 Å². The molecule has 0 amide bonds. The predicted octanol–water partition coefficient (Wildman–Crippen LogP) is 3.97. The molecule has 0 unspecified atom stereocenters. The molecule has 0 bridgehead atoms. The Hall–Kier alpha value is -2.52. The third-order valence-corrected chi connectivity index (χ3v) is 5.75. The maximum absolute atomic E-state index is 13.2. The third-order valence-electron chi connectivity index (χ3n) is 2.97. The van der Waals surface area contributed by atoms with E-state index in [2.05, 4.69) is 15.0 Å². The molecule has 0 atom stereocenters. The Morgan fingerprint density at radius 2 is 1.79 bits per heavy atom. The smallest absolute Gasteiger partial charge is 0.271 e. The summed E-state index contributed by atoms with van der Waals surface area (Å²) in [7, 11) is -3.64. The minimum absolute atomic E-state index is 0.200. The van der Waals surface area contributed by atoms with E-state index >= 15 is 0 Å². The number of pyridine rings is 1. The molecule has 0 fully saturated rings. The van der Waals surface area contributed by atoms with Crippen LogP contribution in [0, 0.1) is 11.6 Å². The van der Waals surface area contributed by atoms with E-state index in [4.69, 9.17) is 0 Å². The standard InChI is InChI=1S/C15H11F2N3O2S2/c16-12-5-3-10(8-13(12)17)19-14-6-4-11(9-18-14)20-24(21,22)15-2-1-7-23-15/h1-9,20H,(H,18,19). The minimum Gasteiger partial charge on any atom is -0.340 e. The van der Waals surface area contributed by atoms with Crippen molar-refractivity contribution in [2.45, 2.75) is 4.21 Å². The summed E-state index contributed by atoms with van der Waals surface area (Å²) in [6, 6.07) is 9.55. The van der Waals surface area contributed by atoms with Gasteiger partial charge in [0.2, 0.25) is 0 Å². The third kappa shape index (κ3) is 3.69. The second-order valence-corrected chi connectivity index (χ2v) is 7.58. The lowest BCUT2D eigenvalue weighted by atomic mass is 10.3. The van der Waals surface area contributed by atoms with Crippen molar-refractivity contribution in [3.8, 4) is 0 Å². The van der Waals surface area contributed by atoms with E-state index in [9.17, 15) is 17.2 Å². The van der Waals surface area contributed by atoms with Crippen LogP contribution in [0.5, 0.6) is 0 Å². The van der Waals surface area contributed by atoms with Crippen LogP contribution in [0.1, 0.15) is 0 Å². The maximum Gasteiger partial charge on any atom is 0.271 e. The molecule has 3 rings (SSSR count). The first kappa shape index (κ1) is 16.3. The summed E-state index contributed by atoms with van der Waals surface area (Å²) in [5, 5.41) is 4.46. The number of hydrogen-bond acceptors (Lipinski definition) is 5. The van der Waals surface area contributed by atoms with E-state index in [1.54, 1.807) is 11.4 Å². The average molecular weight is 367 g/mol. The number of nitrogens with one attached hydrogen (secondary N) is 2. The second kappa shape index (κ2) is 6.54. The molecular weight excluding hydrogens is 356 g/mol. The van der Waals surface area contributed by atoms with Crippen LogP contribution in [-0.2, 0) is 10.0 Å². The Morgan fingerprint density at radius 3 is 2.42 bits per heavy atom. The maximum atomic E-state index is 13.2. The van der Waals surface area contributed by atoms with Gasteiger partial charge >= 0.3 is 0 Å². The van der Waals surface area contributed by atoms with Crippen molar-refractivity contribution in [3.63, 3.8) is 0 Å². The fourth-order valence-electron chi connectivity index (χ4n) is 1.87. The summed E-state index contributed by atoms with van der Waals surface area (Å²) >= 11 is 1.11. The molecule has 3 aromatic rings. The molecule has 2 heterocycles. The molecule has 2 N–H and O–H groups in total. The first-order chi connectivity index (χ1) is 11.4. The molecule has 0 aliphatic rings. The topological polar surface area (TPSA) is 71.1 Å². The second-order valence-electron chi connectivity index (χ2n) is 4.72. The minimum atomic E-state index is -3.64. The Bertz CT molecular complexity index is 943. The Kier molecular flexibility index (Phi) is 4.45. The van der Waals surface area contributed by atoms with Crippen LogP contribution in [0.2, 0.25) is 0 Å². The molecule has 0 aliphatic heterocycles. The van der Waals surface area contributed by atoms with Crippen LogP contribution in [0.25, 0.3) is 0 Å². The molecule has 0 radical (unpaired) electrons. The van der Waals surface area contributed by atoms with Gasteiger partial charge in [-0.3, -0.25) is 4.72 Å². The van der Waals surface area contributed by atoms with Crippen LogP contribution in [-0.4, -0.2) is 13.4 Å². The highest BCUT2D eigenvalue weighted by atomic mass is 32.2. The van der Waals surface area contributed by atoms with Crippen LogP contribution in [0.3, 0.4) is 0 Å². The van der Waals surface area contributed by atoms with Crippen molar-refractivity contribution in [1.82, 2.24) is 4.98 Å². The number of benzene rings is 1. The summed E-state index contributed by atoms with van der Waals surface area (Å²) < 4.78 is 52.8. The summed E-state index contributed by atoms with van der Waals surface area (Å²) in [5.41, 5.74) is 0.618. The van der Waals surface area contributed by atoms with Gasteiger partial charge in [0.25, 0.3) is 10.0 Å². The largest absolute Gasteiger partial charge is 0.340 e. The van der Waals surface area contributed by atoms with Gasteiger partial charge in [-0.15, -0.1) is 11.3 Å². The van der Waals surface area contributed by atoms with Crippen molar-refractivity contribution in [2.24, 2.45) is 0 Å². The summed E-state index contributed by atoms with van der Waals surface area (Å²) in [4.78, 5) is 4.04. The molecule has 1 aromatic carbocycles. The van der Waals surface area contributed by atoms with Crippen LogP contribution < -0.4 is 10.0 Å². The van der Waals surface area contributed by atoms with Gasteiger partial charge in [0, 0.05) is 11.8 Å². The zero-order chi connectivity index (χ0) is 17.2. The SMILES string of the molecule is O=S(=O)(Nc1ccc(Nc2ccc(F)c(F)c2)nc1)c1cccs1. The monoisotopic (exact) mass is 367 g/mol. The first-order valence-electron chi connectivity index (χ1n) is 6.68. The Morgan fingerprint density at radius 1 is 1.00 bits per heavy atom. The Balaban J connectivity index is 1.72. The predicted molar refractivity (Wildman–Crippen MR) is 89.0 cm³/mol. The van der Waals surface area contributed by atoms with Crippen molar-refractivity contribution < 1.29 is 17.2 Å². The van der Waals surface area contributed by atoms with Gasteiger partial charge in [-0.05, 0) is 35.7 Å². The number of halogens is 2. The van der Waals surface area contributed by atoms with Gasteiger partial charge in [0.15, 0.2) is 11.6 Å². The van der Waals surface area contributed by atoms with Crippen molar-refractivity contribution in [1.29, 1.82) is 0 Å². The normalized spacial score (nSPS) is 11.2. The number of anilines is 3. The lowest BCUT2D eigenvalue weighted by Gasteiger charge is -2.08. The molecular formula is C15H11F2N3O2S2. The zero-order valence-corrected chi connectivity index (χ0v) is 13.7. The van der Waals surface area contributed by atoms with E-state index in [1.807, 2.05) is 0 Å². The molecule has 0 saturated carbocycles. The van der Waals surface area contributed by atoms with Gasteiger partial charge in [0.1, 0.15) is 10.0 Å². The molecule has 2 aromatic heterocycles. The van der Waals surface area contributed by atoms with Crippen LogP contribution in [0.15, 0.2) is 58.3 Å². The van der Waals surface area contributed by atoms with E-state index in [1.165, 1.54) is 30.5 Å². The number of thiophene rings is 1. The quantitative estimate of drug-likeness (QED) is 0.716. The number of aromatic nitrogens is 1. The molecule has 0 saturated heterocycles.